The van der Waals surface area contributed by atoms with Gasteiger partial charge >= 0.3 is 0 Å². The molecule has 0 amide bonds. The van der Waals surface area contributed by atoms with Crippen molar-refractivity contribution in [3.05, 3.63) is 132 Å². The van der Waals surface area contributed by atoms with E-state index in [0.29, 0.717) is 23.9 Å². The van der Waals surface area contributed by atoms with Crippen LogP contribution in [0.4, 0.5) is 0 Å². The first-order chi connectivity index (χ1) is 16.9. The Morgan fingerprint density at radius 1 is 0.471 bits per heavy atom. The van der Waals surface area contributed by atoms with Gasteiger partial charge in [-0.15, -0.1) is 0 Å². The summed E-state index contributed by atoms with van der Waals surface area (Å²) >= 11 is 0. The Bertz CT molecular complexity index is 1090. The monoisotopic (exact) mass is 461 g/mol. The molecule has 4 aromatic carbocycles. The zero-order valence-corrected chi connectivity index (χ0v) is 20.5. The minimum atomic E-state index is -0.603. The second-order valence-corrected chi connectivity index (χ2v) is 11.8. The fourth-order valence-electron chi connectivity index (χ4n) is 5.91. The lowest BCUT2D eigenvalue weighted by Gasteiger charge is -2.43. The highest BCUT2D eigenvalue weighted by atomic mass is 31.1. The number of benzene rings is 4. The molecule has 0 spiro atoms. The maximum Gasteiger partial charge on any atom is 0.0286 e. The van der Waals surface area contributed by atoms with Gasteiger partial charge in [-0.3, -0.25) is 4.67 Å². The van der Waals surface area contributed by atoms with Gasteiger partial charge in [0.15, 0.2) is 0 Å². The second-order valence-electron chi connectivity index (χ2n) is 9.70. The molecule has 0 bridgehead atoms. The van der Waals surface area contributed by atoms with E-state index in [9.17, 15) is 0 Å². The van der Waals surface area contributed by atoms with Gasteiger partial charge in [0.2, 0.25) is 0 Å². The van der Waals surface area contributed by atoms with Crippen molar-refractivity contribution in [1.29, 1.82) is 0 Å². The van der Waals surface area contributed by atoms with Crippen LogP contribution in [0.3, 0.4) is 0 Å². The molecule has 2 saturated carbocycles. The first kappa shape index (κ1) is 21.8. The van der Waals surface area contributed by atoms with Gasteiger partial charge in [0.1, 0.15) is 0 Å². The first-order valence-corrected chi connectivity index (χ1v) is 14.0. The molecule has 2 fully saturated rings. The lowest BCUT2D eigenvalue weighted by molar-refractivity contribution is 0.292. The van der Waals surface area contributed by atoms with Crippen molar-refractivity contribution < 1.29 is 0 Å². The molecule has 0 unspecified atom stereocenters. The Kier molecular flexibility index (Phi) is 6.32. The Labute approximate surface area is 205 Å². The summed E-state index contributed by atoms with van der Waals surface area (Å²) in [7, 11) is -0.603. The zero-order chi connectivity index (χ0) is 22.7. The molecule has 0 radical (unpaired) electrons. The van der Waals surface area contributed by atoms with E-state index in [-0.39, 0.29) is 0 Å². The van der Waals surface area contributed by atoms with Crippen LogP contribution >= 0.6 is 8.07 Å². The number of rotatable bonds is 7. The van der Waals surface area contributed by atoms with E-state index >= 15 is 0 Å². The summed E-state index contributed by atoms with van der Waals surface area (Å²) in [6.45, 7) is 0. The molecule has 0 aliphatic heterocycles. The largest absolute Gasteiger partial charge is 0.267 e. The molecular formula is C32H32NP. The summed E-state index contributed by atoms with van der Waals surface area (Å²) < 4.78 is 3.00. The van der Waals surface area contributed by atoms with Crippen molar-refractivity contribution in [2.75, 3.05) is 0 Å². The Balaban J connectivity index is 1.50. The summed E-state index contributed by atoms with van der Waals surface area (Å²) in [5.74, 6) is 1.12. The topological polar surface area (TPSA) is 3.24 Å². The highest BCUT2D eigenvalue weighted by molar-refractivity contribution is 7.70. The Hall–Kier alpha value is -2.73. The van der Waals surface area contributed by atoms with Gasteiger partial charge in [-0.1, -0.05) is 121 Å². The van der Waals surface area contributed by atoms with Gasteiger partial charge in [-0.05, 0) is 47.4 Å². The van der Waals surface area contributed by atoms with E-state index in [1.54, 1.807) is 0 Å². The quantitative estimate of drug-likeness (QED) is 0.263. The van der Waals surface area contributed by atoms with E-state index in [1.807, 2.05) is 0 Å². The van der Waals surface area contributed by atoms with Crippen LogP contribution in [-0.4, -0.2) is 16.8 Å². The normalized spacial score (nSPS) is 20.8. The van der Waals surface area contributed by atoms with Gasteiger partial charge in [-0.2, -0.15) is 0 Å². The SMILES string of the molecule is c1ccc([C@H]2CC[C@H](c3ccccc3)C2N(C2CC2)P(c2ccccc2)c2ccccc2)cc1. The summed E-state index contributed by atoms with van der Waals surface area (Å²) in [4.78, 5) is 0. The number of hydrogen-bond acceptors (Lipinski definition) is 1. The Morgan fingerprint density at radius 2 is 0.853 bits per heavy atom. The van der Waals surface area contributed by atoms with Crippen molar-refractivity contribution in [2.45, 2.75) is 49.6 Å². The molecule has 170 valence electrons. The lowest BCUT2D eigenvalue weighted by Crippen LogP contribution is -2.42. The standard InChI is InChI=1S/C32H32NP/c1-5-13-25(14-6-1)30-23-24-31(26-15-7-2-8-16-26)32(30)33(27-21-22-27)34(28-17-9-3-10-18-28)29-19-11-4-12-20-29/h1-20,27,30-32H,21-24H2/t30-,31-/m1/s1. The first-order valence-electron chi connectivity index (χ1n) is 12.7. The third-order valence-corrected chi connectivity index (χ3v) is 10.2. The van der Waals surface area contributed by atoms with Crippen molar-refractivity contribution in [3.8, 4) is 0 Å². The summed E-state index contributed by atoms with van der Waals surface area (Å²) in [5.41, 5.74) is 3.01. The van der Waals surface area contributed by atoms with E-state index in [4.69, 9.17) is 0 Å². The third kappa shape index (κ3) is 4.36. The van der Waals surface area contributed by atoms with Crippen molar-refractivity contribution in [2.24, 2.45) is 0 Å². The van der Waals surface area contributed by atoms with Crippen LogP contribution in [0.1, 0.15) is 48.6 Å². The highest BCUT2D eigenvalue weighted by Crippen LogP contribution is 2.57. The fraction of sp³-hybridized carbons (Fsp3) is 0.250. The molecule has 2 aliphatic carbocycles. The minimum Gasteiger partial charge on any atom is -0.267 e. The van der Waals surface area contributed by atoms with E-state index in [2.05, 4.69) is 126 Å². The number of hydrogen-bond donors (Lipinski definition) is 0. The average molecular weight is 462 g/mol. The molecule has 2 heteroatoms. The van der Waals surface area contributed by atoms with Gasteiger partial charge in [0, 0.05) is 32.0 Å². The molecule has 0 aromatic heterocycles. The van der Waals surface area contributed by atoms with Crippen LogP contribution < -0.4 is 10.6 Å². The third-order valence-electron chi connectivity index (χ3n) is 7.53. The number of nitrogens with zero attached hydrogens (tertiary/aromatic N) is 1. The second kappa shape index (κ2) is 9.87. The van der Waals surface area contributed by atoms with Crippen molar-refractivity contribution in [3.63, 3.8) is 0 Å². The van der Waals surface area contributed by atoms with Crippen LogP contribution in [-0.2, 0) is 0 Å². The Morgan fingerprint density at radius 3 is 1.24 bits per heavy atom. The zero-order valence-electron chi connectivity index (χ0n) is 19.6. The molecule has 2 aliphatic rings. The molecule has 4 aromatic rings. The summed E-state index contributed by atoms with van der Waals surface area (Å²) in [6.07, 6.45) is 5.14. The minimum absolute atomic E-state index is 0.504. The van der Waals surface area contributed by atoms with E-state index < -0.39 is 8.07 Å². The predicted octanol–water partition coefficient (Wildman–Crippen LogP) is 7.23. The molecular weight excluding hydrogens is 429 g/mol. The fourth-order valence-corrected chi connectivity index (χ4v) is 8.80. The van der Waals surface area contributed by atoms with E-state index in [0.717, 1.165) is 0 Å². The van der Waals surface area contributed by atoms with Crippen LogP contribution in [0.2, 0.25) is 0 Å². The van der Waals surface area contributed by atoms with Gasteiger partial charge in [0.05, 0.1) is 0 Å². The molecule has 0 N–H and O–H groups in total. The maximum absolute atomic E-state index is 3.00. The summed E-state index contributed by atoms with van der Waals surface area (Å²) in [5, 5.41) is 2.95. The van der Waals surface area contributed by atoms with Crippen molar-refractivity contribution in [1.82, 2.24) is 4.67 Å². The molecule has 0 saturated heterocycles. The predicted molar refractivity (Wildman–Crippen MR) is 145 cm³/mol. The van der Waals surface area contributed by atoms with Crippen LogP contribution in [0.25, 0.3) is 0 Å². The lowest BCUT2D eigenvalue weighted by atomic mass is 9.87. The molecule has 6 rings (SSSR count). The smallest absolute Gasteiger partial charge is 0.0286 e. The molecule has 1 nitrogen and oxygen atoms in total. The maximum atomic E-state index is 3.00. The van der Waals surface area contributed by atoms with Crippen LogP contribution in [0, 0.1) is 0 Å². The van der Waals surface area contributed by atoms with Gasteiger partial charge in [0.25, 0.3) is 0 Å². The average Bonchev–Trinajstić information content (AvgIpc) is 3.67. The van der Waals surface area contributed by atoms with E-state index in [1.165, 1.54) is 47.4 Å². The van der Waals surface area contributed by atoms with Gasteiger partial charge in [-0.25, -0.2) is 0 Å². The van der Waals surface area contributed by atoms with Crippen LogP contribution in [0.15, 0.2) is 121 Å². The van der Waals surface area contributed by atoms with Crippen LogP contribution in [0.5, 0.6) is 0 Å². The summed E-state index contributed by atoms with van der Waals surface area (Å²) in [6, 6.07) is 46.5. The highest BCUT2D eigenvalue weighted by Gasteiger charge is 2.49. The van der Waals surface area contributed by atoms with Crippen molar-refractivity contribution >= 4 is 18.7 Å². The van der Waals surface area contributed by atoms with Gasteiger partial charge < -0.3 is 0 Å². The molecule has 34 heavy (non-hydrogen) atoms. The molecule has 2 atom stereocenters. The molecule has 0 heterocycles.